The minimum atomic E-state index is 0.732. The van der Waals surface area contributed by atoms with Crippen LogP contribution in [0.2, 0.25) is 0 Å². The normalized spacial score (nSPS) is 32.2. The largest absolute Gasteiger partial charge is 0.330 e. The van der Waals surface area contributed by atoms with Gasteiger partial charge in [-0.1, -0.05) is 6.92 Å². The molecule has 0 amide bonds. The van der Waals surface area contributed by atoms with E-state index in [9.17, 15) is 0 Å². The molecule has 0 saturated carbocycles. The van der Waals surface area contributed by atoms with Crippen molar-refractivity contribution in [2.45, 2.75) is 31.6 Å². The number of rotatable bonds is 3. The average Bonchev–Trinajstić information content (AvgIpc) is 2.08. The fourth-order valence-electron chi connectivity index (χ4n) is 1.61. The van der Waals surface area contributed by atoms with Crippen molar-refractivity contribution < 1.29 is 0 Å². The predicted molar refractivity (Wildman–Crippen MR) is 56.6 cm³/mol. The van der Waals surface area contributed by atoms with Crippen molar-refractivity contribution in [1.29, 1.82) is 0 Å². The van der Waals surface area contributed by atoms with E-state index in [-0.39, 0.29) is 0 Å². The Kier molecular flexibility index (Phi) is 4.40. The lowest BCUT2D eigenvalue weighted by atomic mass is 10.2. The molecule has 0 aromatic carbocycles. The molecule has 1 aliphatic heterocycles. The Balaban J connectivity index is 2.30. The minimum Gasteiger partial charge on any atom is -0.330 e. The van der Waals surface area contributed by atoms with Gasteiger partial charge in [-0.05, 0) is 26.4 Å². The summed E-state index contributed by atoms with van der Waals surface area (Å²) in [6, 6.07) is 0.732. The van der Waals surface area contributed by atoms with Gasteiger partial charge in [0.1, 0.15) is 0 Å². The average molecular weight is 188 g/mol. The summed E-state index contributed by atoms with van der Waals surface area (Å²) >= 11 is 2.09. The van der Waals surface area contributed by atoms with Crippen molar-refractivity contribution in [2.75, 3.05) is 25.4 Å². The number of hydrogen-bond acceptors (Lipinski definition) is 3. The molecule has 1 saturated heterocycles. The molecule has 0 radical (unpaired) electrons. The Morgan fingerprint density at radius 1 is 1.50 bits per heavy atom. The molecule has 2 N–H and O–H groups in total. The first-order valence-corrected chi connectivity index (χ1v) is 5.86. The summed E-state index contributed by atoms with van der Waals surface area (Å²) in [4.78, 5) is 2.56. The molecule has 3 heteroatoms. The van der Waals surface area contributed by atoms with E-state index in [0.29, 0.717) is 0 Å². The smallest absolute Gasteiger partial charge is 0.0184 e. The zero-order chi connectivity index (χ0) is 8.97. The van der Waals surface area contributed by atoms with Crippen LogP contribution in [0.25, 0.3) is 0 Å². The topological polar surface area (TPSA) is 29.3 Å². The van der Waals surface area contributed by atoms with Crippen molar-refractivity contribution in [3.8, 4) is 0 Å². The zero-order valence-corrected chi connectivity index (χ0v) is 8.94. The molecule has 12 heavy (non-hydrogen) atoms. The van der Waals surface area contributed by atoms with Gasteiger partial charge in [0.25, 0.3) is 0 Å². The summed E-state index contributed by atoms with van der Waals surface area (Å²) in [5, 5.41) is 0.788. The first-order valence-electron chi connectivity index (χ1n) is 4.81. The lowest BCUT2D eigenvalue weighted by molar-refractivity contribution is 0.212. The van der Waals surface area contributed by atoms with Crippen molar-refractivity contribution in [3.63, 3.8) is 0 Å². The summed E-state index contributed by atoms with van der Waals surface area (Å²) in [6.45, 7) is 7.90. The molecule has 0 spiro atoms. The SMILES string of the molecule is CC1SCCN(CCCN)C1C. The minimum absolute atomic E-state index is 0.732. The molecule has 72 valence electrons. The molecule has 2 unspecified atom stereocenters. The van der Waals surface area contributed by atoms with Gasteiger partial charge >= 0.3 is 0 Å². The molecule has 0 aromatic heterocycles. The van der Waals surface area contributed by atoms with Gasteiger partial charge in [-0.2, -0.15) is 11.8 Å². The fourth-order valence-corrected chi connectivity index (χ4v) is 2.77. The summed E-state index contributed by atoms with van der Waals surface area (Å²) in [6.07, 6.45) is 1.14. The van der Waals surface area contributed by atoms with Crippen molar-refractivity contribution in [2.24, 2.45) is 5.73 Å². The van der Waals surface area contributed by atoms with Crippen LogP contribution >= 0.6 is 11.8 Å². The Morgan fingerprint density at radius 2 is 2.25 bits per heavy atom. The van der Waals surface area contributed by atoms with E-state index >= 15 is 0 Å². The predicted octanol–water partition coefficient (Wildman–Crippen LogP) is 1.16. The number of nitrogens with zero attached hydrogens (tertiary/aromatic N) is 1. The van der Waals surface area contributed by atoms with Crippen LogP contribution in [-0.4, -0.2) is 41.6 Å². The summed E-state index contributed by atoms with van der Waals surface area (Å²) in [7, 11) is 0. The van der Waals surface area contributed by atoms with E-state index in [1.165, 1.54) is 18.8 Å². The molecule has 0 bridgehead atoms. The highest BCUT2D eigenvalue weighted by Crippen LogP contribution is 2.23. The van der Waals surface area contributed by atoms with E-state index in [1.807, 2.05) is 0 Å². The molecule has 1 rings (SSSR count). The Morgan fingerprint density at radius 3 is 2.92 bits per heavy atom. The van der Waals surface area contributed by atoms with Crippen molar-refractivity contribution in [1.82, 2.24) is 4.90 Å². The molecule has 2 atom stereocenters. The highest BCUT2D eigenvalue weighted by molar-refractivity contribution is 8.00. The summed E-state index contributed by atoms with van der Waals surface area (Å²) in [5.74, 6) is 1.29. The second-order valence-corrected chi connectivity index (χ2v) is 4.98. The van der Waals surface area contributed by atoms with Crippen LogP contribution in [0, 0.1) is 0 Å². The van der Waals surface area contributed by atoms with Crippen LogP contribution in [0.3, 0.4) is 0 Å². The summed E-state index contributed by atoms with van der Waals surface area (Å²) < 4.78 is 0. The van der Waals surface area contributed by atoms with Crippen LogP contribution < -0.4 is 5.73 Å². The summed E-state index contributed by atoms with van der Waals surface area (Å²) in [5.41, 5.74) is 5.49. The maximum atomic E-state index is 5.49. The lowest BCUT2D eigenvalue weighted by Crippen LogP contribution is -2.45. The van der Waals surface area contributed by atoms with Crippen molar-refractivity contribution in [3.05, 3.63) is 0 Å². The van der Waals surface area contributed by atoms with Crippen LogP contribution in [0.5, 0.6) is 0 Å². The van der Waals surface area contributed by atoms with E-state index in [1.54, 1.807) is 0 Å². The van der Waals surface area contributed by atoms with E-state index in [0.717, 1.165) is 24.3 Å². The highest BCUT2D eigenvalue weighted by Gasteiger charge is 2.23. The number of hydrogen-bond donors (Lipinski definition) is 1. The fraction of sp³-hybridized carbons (Fsp3) is 1.00. The third-order valence-corrected chi connectivity index (χ3v) is 4.00. The van der Waals surface area contributed by atoms with Gasteiger partial charge in [0.15, 0.2) is 0 Å². The Labute approximate surface area is 79.9 Å². The second kappa shape index (κ2) is 5.10. The molecule has 1 aliphatic rings. The number of thioether (sulfide) groups is 1. The van der Waals surface area contributed by atoms with Crippen LogP contribution in [0.4, 0.5) is 0 Å². The highest BCUT2D eigenvalue weighted by atomic mass is 32.2. The molecule has 1 heterocycles. The van der Waals surface area contributed by atoms with Gasteiger partial charge < -0.3 is 5.73 Å². The first-order chi connectivity index (χ1) is 5.75. The monoisotopic (exact) mass is 188 g/mol. The van der Waals surface area contributed by atoms with Gasteiger partial charge in [0, 0.05) is 23.6 Å². The quantitative estimate of drug-likeness (QED) is 0.721. The van der Waals surface area contributed by atoms with Crippen LogP contribution in [-0.2, 0) is 0 Å². The molecule has 0 aliphatic carbocycles. The van der Waals surface area contributed by atoms with Crippen LogP contribution in [0.1, 0.15) is 20.3 Å². The first kappa shape index (κ1) is 10.4. The molecule has 0 aromatic rings. The second-order valence-electron chi connectivity index (χ2n) is 3.49. The van der Waals surface area contributed by atoms with Gasteiger partial charge in [-0.3, -0.25) is 4.90 Å². The van der Waals surface area contributed by atoms with Crippen LogP contribution in [0.15, 0.2) is 0 Å². The van der Waals surface area contributed by atoms with Gasteiger partial charge in [-0.25, -0.2) is 0 Å². The molecule has 2 nitrogen and oxygen atoms in total. The van der Waals surface area contributed by atoms with Gasteiger partial charge in [-0.15, -0.1) is 0 Å². The standard InChI is InChI=1S/C9H20N2S/c1-8-9(2)12-7-6-11(8)5-3-4-10/h8-9H,3-7,10H2,1-2H3. The van der Waals surface area contributed by atoms with Crippen molar-refractivity contribution >= 4 is 11.8 Å². The molecular weight excluding hydrogens is 168 g/mol. The van der Waals surface area contributed by atoms with Gasteiger partial charge in [0.2, 0.25) is 0 Å². The third kappa shape index (κ3) is 2.64. The van der Waals surface area contributed by atoms with E-state index in [2.05, 4.69) is 30.5 Å². The maximum Gasteiger partial charge on any atom is 0.0184 e. The van der Waals surface area contributed by atoms with E-state index in [4.69, 9.17) is 5.73 Å². The Hall–Kier alpha value is 0.270. The Bertz CT molecular complexity index is 130. The van der Waals surface area contributed by atoms with Gasteiger partial charge in [0.05, 0.1) is 0 Å². The molecule has 1 fully saturated rings. The zero-order valence-electron chi connectivity index (χ0n) is 8.12. The lowest BCUT2D eigenvalue weighted by Gasteiger charge is -2.37. The van der Waals surface area contributed by atoms with E-state index < -0.39 is 0 Å². The third-order valence-electron chi connectivity index (χ3n) is 2.66. The maximum absolute atomic E-state index is 5.49. The number of nitrogens with two attached hydrogens (primary N) is 1. The molecular formula is C9H20N2S.